The molecule has 3 heterocycles. The van der Waals surface area contributed by atoms with E-state index in [2.05, 4.69) is 18.0 Å². The summed E-state index contributed by atoms with van der Waals surface area (Å²) < 4.78 is 11.4. The number of rotatable bonds is 9. The highest BCUT2D eigenvalue weighted by molar-refractivity contribution is 5.97. The van der Waals surface area contributed by atoms with Crippen molar-refractivity contribution in [3.63, 3.8) is 0 Å². The number of H-pyrrole nitrogens is 1. The van der Waals surface area contributed by atoms with Crippen molar-refractivity contribution in [3.05, 3.63) is 59.3 Å². The van der Waals surface area contributed by atoms with Crippen molar-refractivity contribution in [1.29, 1.82) is 0 Å². The zero-order valence-corrected chi connectivity index (χ0v) is 21.4. The molecule has 190 valence electrons. The minimum atomic E-state index is -0.547. The number of hydrogen-bond acceptors (Lipinski definition) is 4. The summed E-state index contributed by atoms with van der Waals surface area (Å²) in [5.41, 5.74) is 3.84. The summed E-state index contributed by atoms with van der Waals surface area (Å²) in [6.45, 7) is 2.94. The first-order chi connectivity index (χ1) is 17.6. The SMILES string of the molecule is CCCCCCCN1CC(=O)N2[C@@H](c3cccc(OC)c3OC)c3[nH]c4ccccc4c3C[C@H]2C1=O. The highest BCUT2D eigenvalue weighted by Gasteiger charge is 2.48. The fraction of sp³-hybridized carbons (Fsp3) is 0.448. The van der Waals surface area contributed by atoms with E-state index in [-0.39, 0.29) is 18.4 Å². The number of carbonyl (C=O) groups excluding carboxylic acids is 2. The van der Waals surface area contributed by atoms with Gasteiger partial charge in [-0.3, -0.25) is 9.59 Å². The Hall–Kier alpha value is -3.48. The van der Waals surface area contributed by atoms with Crippen molar-refractivity contribution in [2.75, 3.05) is 27.3 Å². The molecule has 5 rings (SSSR count). The van der Waals surface area contributed by atoms with E-state index in [1.165, 1.54) is 19.3 Å². The van der Waals surface area contributed by atoms with Crippen LogP contribution < -0.4 is 9.47 Å². The van der Waals surface area contributed by atoms with Gasteiger partial charge in [0.2, 0.25) is 11.8 Å². The quantitative estimate of drug-likeness (QED) is 0.437. The normalized spacial score (nSPS) is 19.4. The smallest absolute Gasteiger partial charge is 0.246 e. The van der Waals surface area contributed by atoms with Crippen LogP contribution in [0, 0.1) is 0 Å². The van der Waals surface area contributed by atoms with E-state index in [4.69, 9.17) is 9.47 Å². The van der Waals surface area contributed by atoms with Gasteiger partial charge in [-0.1, -0.05) is 62.9 Å². The number of carbonyl (C=O) groups is 2. The first kappa shape index (κ1) is 24.2. The van der Waals surface area contributed by atoms with Crippen molar-refractivity contribution in [1.82, 2.24) is 14.8 Å². The maximum absolute atomic E-state index is 13.8. The van der Waals surface area contributed by atoms with Gasteiger partial charge in [0.15, 0.2) is 11.5 Å². The molecule has 1 aromatic heterocycles. The predicted molar refractivity (Wildman–Crippen MR) is 139 cm³/mol. The minimum Gasteiger partial charge on any atom is -0.493 e. The molecule has 0 aliphatic carbocycles. The summed E-state index contributed by atoms with van der Waals surface area (Å²) in [6.07, 6.45) is 6.06. The maximum Gasteiger partial charge on any atom is 0.246 e. The number of hydrogen-bond donors (Lipinski definition) is 1. The highest BCUT2D eigenvalue weighted by Crippen LogP contribution is 2.46. The monoisotopic (exact) mass is 489 g/mol. The van der Waals surface area contributed by atoms with Gasteiger partial charge in [0.1, 0.15) is 12.1 Å². The van der Waals surface area contributed by atoms with Gasteiger partial charge in [-0.05, 0) is 24.1 Å². The van der Waals surface area contributed by atoms with Crippen LogP contribution in [0.15, 0.2) is 42.5 Å². The molecule has 2 atom stereocenters. The number of ether oxygens (including phenoxy) is 2. The highest BCUT2D eigenvalue weighted by atomic mass is 16.5. The Labute approximate surface area is 212 Å². The third-order valence-corrected chi connectivity index (χ3v) is 7.60. The molecule has 1 fully saturated rings. The standard InChI is InChI=1S/C29H35N3O4/c1-4-5-6-7-10-16-31-18-25(33)32-23(29(31)34)17-21-19-12-8-9-14-22(19)30-26(21)27(32)20-13-11-15-24(35-2)28(20)36-3/h8-9,11-15,23,27,30H,4-7,10,16-18H2,1-3H3/t23-,27-/m0/s1. The summed E-state index contributed by atoms with van der Waals surface area (Å²) in [7, 11) is 3.21. The number of unbranched alkanes of at least 4 members (excludes halogenated alkanes) is 4. The molecule has 1 saturated heterocycles. The van der Waals surface area contributed by atoms with E-state index in [9.17, 15) is 9.59 Å². The second-order valence-electron chi connectivity index (χ2n) is 9.74. The zero-order valence-electron chi connectivity index (χ0n) is 21.4. The van der Waals surface area contributed by atoms with Crippen molar-refractivity contribution in [2.24, 2.45) is 0 Å². The Bertz CT molecular complexity index is 1270. The molecule has 0 radical (unpaired) electrons. The van der Waals surface area contributed by atoms with E-state index in [0.29, 0.717) is 24.5 Å². The van der Waals surface area contributed by atoms with Crippen molar-refractivity contribution < 1.29 is 19.1 Å². The second kappa shape index (κ2) is 10.2. The van der Waals surface area contributed by atoms with Crippen LogP contribution in [0.25, 0.3) is 10.9 Å². The lowest BCUT2D eigenvalue weighted by molar-refractivity contribution is -0.158. The summed E-state index contributed by atoms with van der Waals surface area (Å²) in [4.78, 5) is 34.7. The Morgan fingerprint density at radius 2 is 1.78 bits per heavy atom. The van der Waals surface area contributed by atoms with Crippen LogP contribution in [0.3, 0.4) is 0 Å². The molecule has 0 saturated carbocycles. The lowest BCUT2D eigenvalue weighted by Crippen LogP contribution is -2.63. The fourth-order valence-corrected chi connectivity index (χ4v) is 5.87. The van der Waals surface area contributed by atoms with Gasteiger partial charge in [-0.25, -0.2) is 0 Å². The Kier molecular flexibility index (Phi) is 6.90. The largest absolute Gasteiger partial charge is 0.493 e. The minimum absolute atomic E-state index is 0.0349. The maximum atomic E-state index is 13.8. The lowest BCUT2D eigenvalue weighted by Gasteiger charge is -2.47. The Morgan fingerprint density at radius 3 is 2.56 bits per heavy atom. The number of para-hydroxylation sites is 2. The number of nitrogens with zero attached hydrogens (tertiary/aromatic N) is 2. The average molecular weight is 490 g/mol. The summed E-state index contributed by atoms with van der Waals surface area (Å²) >= 11 is 0. The molecule has 0 bridgehead atoms. The molecule has 0 unspecified atom stereocenters. The number of aromatic nitrogens is 1. The van der Waals surface area contributed by atoms with Crippen molar-refractivity contribution in [3.8, 4) is 11.5 Å². The summed E-state index contributed by atoms with van der Waals surface area (Å²) in [5, 5.41) is 1.09. The predicted octanol–water partition coefficient (Wildman–Crippen LogP) is 4.84. The van der Waals surface area contributed by atoms with Gasteiger partial charge in [0.05, 0.1) is 20.8 Å². The topological polar surface area (TPSA) is 74.9 Å². The van der Waals surface area contributed by atoms with E-state index in [1.807, 2.05) is 36.4 Å². The average Bonchev–Trinajstić information content (AvgIpc) is 3.28. The van der Waals surface area contributed by atoms with E-state index < -0.39 is 12.1 Å². The van der Waals surface area contributed by atoms with Crippen LogP contribution in [-0.4, -0.2) is 59.9 Å². The zero-order chi connectivity index (χ0) is 25.2. The van der Waals surface area contributed by atoms with Crippen LogP contribution in [-0.2, 0) is 16.0 Å². The third-order valence-electron chi connectivity index (χ3n) is 7.60. The number of fused-ring (bicyclic) bond motifs is 4. The molecule has 2 aromatic carbocycles. The molecular weight excluding hydrogens is 454 g/mol. The number of nitrogens with one attached hydrogen (secondary N) is 1. The van der Waals surface area contributed by atoms with E-state index in [0.717, 1.165) is 40.6 Å². The number of benzene rings is 2. The molecule has 2 aliphatic rings. The number of piperazine rings is 1. The van der Waals surface area contributed by atoms with Crippen LogP contribution >= 0.6 is 0 Å². The van der Waals surface area contributed by atoms with Crippen molar-refractivity contribution >= 4 is 22.7 Å². The molecule has 3 aromatic rings. The Balaban J connectivity index is 1.57. The molecular formula is C29H35N3O4. The van der Waals surface area contributed by atoms with Gasteiger partial charge < -0.3 is 24.3 Å². The molecule has 7 nitrogen and oxygen atoms in total. The molecule has 2 aliphatic heterocycles. The number of amides is 2. The first-order valence-electron chi connectivity index (χ1n) is 13.0. The molecule has 36 heavy (non-hydrogen) atoms. The van der Waals surface area contributed by atoms with Gasteiger partial charge in [0.25, 0.3) is 0 Å². The lowest BCUT2D eigenvalue weighted by atomic mass is 9.85. The fourth-order valence-electron chi connectivity index (χ4n) is 5.87. The van der Waals surface area contributed by atoms with Crippen LogP contribution in [0.2, 0.25) is 0 Å². The van der Waals surface area contributed by atoms with E-state index in [1.54, 1.807) is 24.0 Å². The molecule has 7 heteroatoms. The van der Waals surface area contributed by atoms with Gasteiger partial charge in [-0.15, -0.1) is 0 Å². The van der Waals surface area contributed by atoms with Crippen LogP contribution in [0.5, 0.6) is 11.5 Å². The second-order valence-corrected chi connectivity index (χ2v) is 9.74. The Morgan fingerprint density at radius 1 is 0.972 bits per heavy atom. The van der Waals surface area contributed by atoms with Crippen LogP contribution in [0.4, 0.5) is 0 Å². The number of methoxy groups -OCH3 is 2. The summed E-state index contributed by atoms with van der Waals surface area (Å²) in [5.74, 6) is 1.17. The van der Waals surface area contributed by atoms with Gasteiger partial charge >= 0.3 is 0 Å². The first-order valence-corrected chi connectivity index (χ1v) is 13.0. The molecule has 1 N–H and O–H groups in total. The van der Waals surface area contributed by atoms with Gasteiger partial charge in [-0.2, -0.15) is 0 Å². The molecule has 2 amide bonds. The van der Waals surface area contributed by atoms with E-state index >= 15 is 0 Å². The molecule has 0 spiro atoms. The van der Waals surface area contributed by atoms with Crippen LogP contribution in [0.1, 0.15) is 61.9 Å². The van der Waals surface area contributed by atoms with Gasteiger partial charge in [0, 0.05) is 35.1 Å². The van der Waals surface area contributed by atoms with Crippen molar-refractivity contribution in [2.45, 2.75) is 57.5 Å². The third kappa shape index (κ3) is 4.10. The summed E-state index contributed by atoms with van der Waals surface area (Å²) in [6, 6.07) is 12.8. The number of aromatic amines is 1.